The molecular weight excluding hydrogens is 140 g/mol. The molecule has 0 aliphatic carbocycles. The fraction of sp³-hybridized carbons (Fsp3) is 0.778. The van der Waals surface area contributed by atoms with E-state index in [1.807, 2.05) is 13.8 Å². The predicted octanol–water partition coefficient (Wildman–Crippen LogP) is 2.10. The molecule has 0 aromatic rings. The molecule has 0 aromatic carbocycles. The van der Waals surface area contributed by atoms with Gasteiger partial charge in [-0.25, -0.2) is 0 Å². The highest BCUT2D eigenvalue weighted by molar-refractivity contribution is 5.00. The lowest BCUT2D eigenvalue weighted by atomic mass is 10.2. The first-order valence-corrected chi connectivity index (χ1v) is 3.96. The molecular formula is C9H16O2. The molecule has 64 valence electrons. The molecule has 1 rings (SSSR count). The zero-order chi connectivity index (χ0) is 8.48. The third-order valence-electron chi connectivity index (χ3n) is 1.55. The Morgan fingerprint density at radius 2 is 2.09 bits per heavy atom. The van der Waals surface area contributed by atoms with Crippen molar-refractivity contribution in [2.75, 3.05) is 6.61 Å². The van der Waals surface area contributed by atoms with Crippen molar-refractivity contribution in [3.05, 3.63) is 11.6 Å². The Labute approximate surface area is 68.2 Å². The van der Waals surface area contributed by atoms with Gasteiger partial charge in [-0.15, -0.1) is 0 Å². The standard InChI is InChI=1S/C9H16O2/c1-7(2)5-8-6-10-9(3,4)11-8/h5,8H,6H2,1-4H3/t8-/m0/s1. The van der Waals surface area contributed by atoms with Crippen molar-refractivity contribution in [1.29, 1.82) is 0 Å². The molecule has 1 saturated heterocycles. The molecule has 0 radical (unpaired) electrons. The second-order valence-corrected chi connectivity index (χ2v) is 3.61. The van der Waals surface area contributed by atoms with E-state index in [0.717, 1.165) is 0 Å². The van der Waals surface area contributed by atoms with Gasteiger partial charge in [-0.05, 0) is 27.7 Å². The summed E-state index contributed by atoms with van der Waals surface area (Å²) in [5.74, 6) is -0.392. The molecule has 2 heteroatoms. The Hall–Kier alpha value is -0.340. The topological polar surface area (TPSA) is 18.5 Å². The van der Waals surface area contributed by atoms with Crippen LogP contribution in [0.3, 0.4) is 0 Å². The maximum Gasteiger partial charge on any atom is 0.163 e. The molecule has 0 unspecified atom stereocenters. The number of hydrogen-bond acceptors (Lipinski definition) is 2. The Balaban J connectivity index is 2.49. The van der Waals surface area contributed by atoms with Crippen LogP contribution in [-0.4, -0.2) is 18.5 Å². The third kappa shape index (κ3) is 2.64. The summed E-state index contributed by atoms with van der Waals surface area (Å²) >= 11 is 0. The van der Waals surface area contributed by atoms with Gasteiger partial charge in [-0.1, -0.05) is 11.6 Å². The molecule has 1 heterocycles. The number of hydrogen-bond donors (Lipinski definition) is 0. The highest BCUT2D eigenvalue weighted by atomic mass is 16.7. The summed E-state index contributed by atoms with van der Waals surface area (Å²) in [6, 6.07) is 0. The minimum atomic E-state index is -0.392. The van der Waals surface area contributed by atoms with Crippen LogP contribution in [0.2, 0.25) is 0 Å². The van der Waals surface area contributed by atoms with Crippen molar-refractivity contribution in [2.45, 2.75) is 39.6 Å². The second-order valence-electron chi connectivity index (χ2n) is 3.61. The Morgan fingerprint density at radius 3 is 2.45 bits per heavy atom. The minimum absolute atomic E-state index is 0.148. The zero-order valence-electron chi connectivity index (χ0n) is 7.68. The largest absolute Gasteiger partial charge is 0.347 e. The first kappa shape index (κ1) is 8.75. The van der Waals surface area contributed by atoms with Crippen LogP contribution in [0.15, 0.2) is 11.6 Å². The Bertz CT molecular complexity index is 166. The van der Waals surface area contributed by atoms with Gasteiger partial charge in [0.05, 0.1) is 6.61 Å². The van der Waals surface area contributed by atoms with E-state index in [4.69, 9.17) is 9.47 Å². The molecule has 2 nitrogen and oxygen atoms in total. The average molecular weight is 156 g/mol. The molecule has 0 aromatic heterocycles. The summed E-state index contributed by atoms with van der Waals surface area (Å²) in [5.41, 5.74) is 1.27. The first-order valence-electron chi connectivity index (χ1n) is 3.96. The van der Waals surface area contributed by atoms with E-state index in [-0.39, 0.29) is 6.10 Å². The van der Waals surface area contributed by atoms with E-state index in [2.05, 4.69) is 19.9 Å². The quantitative estimate of drug-likeness (QED) is 0.541. The summed E-state index contributed by atoms with van der Waals surface area (Å²) in [6.07, 6.45) is 2.24. The van der Waals surface area contributed by atoms with Crippen LogP contribution in [0, 0.1) is 0 Å². The van der Waals surface area contributed by atoms with Crippen molar-refractivity contribution in [3.63, 3.8) is 0 Å². The number of rotatable bonds is 1. The molecule has 0 saturated carbocycles. The van der Waals surface area contributed by atoms with Crippen LogP contribution in [-0.2, 0) is 9.47 Å². The third-order valence-corrected chi connectivity index (χ3v) is 1.55. The molecule has 1 aliphatic rings. The van der Waals surface area contributed by atoms with E-state index in [1.165, 1.54) is 5.57 Å². The molecule has 0 bridgehead atoms. The summed E-state index contributed by atoms with van der Waals surface area (Å²) in [6.45, 7) is 8.68. The maximum absolute atomic E-state index is 5.56. The number of allylic oxidation sites excluding steroid dienone is 1. The average Bonchev–Trinajstić information content (AvgIpc) is 2.08. The van der Waals surface area contributed by atoms with E-state index >= 15 is 0 Å². The van der Waals surface area contributed by atoms with Crippen molar-refractivity contribution in [3.8, 4) is 0 Å². The van der Waals surface area contributed by atoms with E-state index in [9.17, 15) is 0 Å². The summed E-state index contributed by atoms with van der Waals surface area (Å²) in [5, 5.41) is 0. The minimum Gasteiger partial charge on any atom is -0.347 e. The zero-order valence-corrected chi connectivity index (χ0v) is 7.68. The maximum atomic E-state index is 5.56. The van der Waals surface area contributed by atoms with E-state index in [0.29, 0.717) is 6.61 Å². The Kier molecular flexibility index (Phi) is 2.35. The van der Waals surface area contributed by atoms with Gasteiger partial charge in [0.1, 0.15) is 6.10 Å². The number of ether oxygens (including phenoxy) is 2. The van der Waals surface area contributed by atoms with Crippen molar-refractivity contribution < 1.29 is 9.47 Å². The van der Waals surface area contributed by atoms with Gasteiger partial charge in [0, 0.05) is 0 Å². The van der Waals surface area contributed by atoms with Crippen LogP contribution in [0.25, 0.3) is 0 Å². The fourth-order valence-electron chi connectivity index (χ4n) is 1.17. The summed E-state index contributed by atoms with van der Waals surface area (Å²) in [7, 11) is 0. The lowest BCUT2D eigenvalue weighted by Gasteiger charge is -2.15. The van der Waals surface area contributed by atoms with Crippen LogP contribution in [0.1, 0.15) is 27.7 Å². The molecule has 11 heavy (non-hydrogen) atoms. The van der Waals surface area contributed by atoms with Crippen molar-refractivity contribution >= 4 is 0 Å². The molecule has 1 fully saturated rings. The molecule has 0 N–H and O–H groups in total. The van der Waals surface area contributed by atoms with Crippen molar-refractivity contribution in [2.24, 2.45) is 0 Å². The summed E-state index contributed by atoms with van der Waals surface area (Å²) < 4.78 is 10.9. The lowest BCUT2D eigenvalue weighted by molar-refractivity contribution is -0.133. The fourth-order valence-corrected chi connectivity index (χ4v) is 1.17. The highest BCUT2D eigenvalue weighted by Crippen LogP contribution is 2.23. The monoisotopic (exact) mass is 156 g/mol. The normalized spacial score (nSPS) is 28.5. The summed E-state index contributed by atoms with van der Waals surface area (Å²) in [4.78, 5) is 0. The van der Waals surface area contributed by atoms with Gasteiger partial charge >= 0.3 is 0 Å². The van der Waals surface area contributed by atoms with E-state index < -0.39 is 5.79 Å². The predicted molar refractivity (Wildman–Crippen MR) is 44.3 cm³/mol. The molecule has 1 atom stereocenters. The van der Waals surface area contributed by atoms with Crippen LogP contribution in [0.4, 0.5) is 0 Å². The van der Waals surface area contributed by atoms with Gasteiger partial charge in [-0.2, -0.15) is 0 Å². The van der Waals surface area contributed by atoms with Crippen LogP contribution >= 0.6 is 0 Å². The molecule has 1 aliphatic heterocycles. The van der Waals surface area contributed by atoms with E-state index in [1.54, 1.807) is 0 Å². The highest BCUT2D eigenvalue weighted by Gasteiger charge is 2.30. The first-order chi connectivity index (χ1) is 4.99. The van der Waals surface area contributed by atoms with Gasteiger partial charge < -0.3 is 9.47 Å². The molecule has 0 amide bonds. The van der Waals surface area contributed by atoms with Gasteiger partial charge in [-0.3, -0.25) is 0 Å². The van der Waals surface area contributed by atoms with Crippen molar-refractivity contribution in [1.82, 2.24) is 0 Å². The van der Waals surface area contributed by atoms with Gasteiger partial charge in [0.25, 0.3) is 0 Å². The molecule has 0 spiro atoms. The SMILES string of the molecule is CC(C)=C[C@H]1COC(C)(C)O1. The lowest BCUT2D eigenvalue weighted by Crippen LogP contribution is -2.20. The second kappa shape index (κ2) is 2.95. The van der Waals surface area contributed by atoms with Gasteiger partial charge in [0.15, 0.2) is 5.79 Å². The van der Waals surface area contributed by atoms with Crippen LogP contribution < -0.4 is 0 Å². The smallest absolute Gasteiger partial charge is 0.163 e. The van der Waals surface area contributed by atoms with Crippen LogP contribution in [0.5, 0.6) is 0 Å². The Morgan fingerprint density at radius 1 is 1.45 bits per heavy atom. The van der Waals surface area contributed by atoms with Gasteiger partial charge in [0.2, 0.25) is 0 Å².